The number of allylic oxidation sites excluding steroid dienone is 1. The Morgan fingerprint density at radius 1 is 1.06 bits per heavy atom. The highest BCUT2D eigenvalue weighted by molar-refractivity contribution is 6.00. The number of Topliss-reactive ketones (excluding diaryl/α,β-unsaturated/α-hetero) is 2. The number of nitrogens with zero attached hydrogens (tertiary/aromatic N) is 1. The Morgan fingerprint density at radius 3 is 2.25 bits per heavy atom. The molecule has 1 aromatic carbocycles. The van der Waals surface area contributed by atoms with E-state index in [-0.39, 0.29) is 36.3 Å². The Labute approximate surface area is 285 Å². The summed E-state index contributed by atoms with van der Waals surface area (Å²) >= 11 is 0. The number of carbonyl (C=O) groups excluding carboxylic acids is 4. The van der Waals surface area contributed by atoms with Crippen LogP contribution < -0.4 is 0 Å². The molecule has 11 heteroatoms. The SMILES string of the molecule is CC[C@H]1OC(=O)[C@H](C)C(=O)[C@H](C)[C@@H](O[C@@H]2O[C@H](C)C[C@H](N(C)C)[C@H]2OC(=O)c2ccccc2)C[C@@](C)(OC)[C@@H](C)C(=O)/C(C)=C/[C@]1(C)O. The van der Waals surface area contributed by atoms with E-state index in [0.29, 0.717) is 12.0 Å². The van der Waals surface area contributed by atoms with E-state index in [4.69, 9.17) is 23.7 Å². The molecule has 0 aromatic heterocycles. The number of esters is 2. The van der Waals surface area contributed by atoms with E-state index >= 15 is 0 Å². The molecule has 0 radical (unpaired) electrons. The maximum Gasteiger partial charge on any atom is 0.338 e. The maximum atomic E-state index is 14.0. The van der Waals surface area contributed by atoms with Gasteiger partial charge in [-0.2, -0.15) is 0 Å². The third kappa shape index (κ3) is 8.98. The van der Waals surface area contributed by atoms with Gasteiger partial charge >= 0.3 is 11.9 Å². The highest BCUT2D eigenvalue weighted by Gasteiger charge is 2.48. The third-order valence-corrected chi connectivity index (χ3v) is 10.2. The zero-order valence-electron chi connectivity index (χ0n) is 30.4. The molecule has 0 amide bonds. The van der Waals surface area contributed by atoms with Gasteiger partial charge in [-0.05, 0) is 85.3 Å². The predicted octanol–water partition coefficient (Wildman–Crippen LogP) is 4.54. The van der Waals surface area contributed by atoms with Crippen molar-refractivity contribution in [3.05, 3.63) is 47.5 Å². The lowest BCUT2D eigenvalue weighted by atomic mass is 9.76. The van der Waals surface area contributed by atoms with Crippen LogP contribution >= 0.6 is 0 Å². The Kier molecular flexibility index (Phi) is 13.3. The lowest BCUT2D eigenvalue weighted by Crippen LogP contribution is -2.58. The van der Waals surface area contributed by atoms with Gasteiger partial charge in [0.05, 0.1) is 29.4 Å². The number of cyclic esters (lactones) is 1. The van der Waals surface area contributed by atoms with Crippen LogP contribution in [-0.4, -0.2) is 103 Å². The number of likely N-dealkylation sites (N-methyl/N-ethyl adjacent to an activating group) is 1. The van der Waals surface area contributed by atoms with Gasteiger partial charge in [0.15, 0.2) is 24.0 Å². The number of benzene rings is 1. The molecular formula is C37H55NO10. The Bertz CT molecular complexity index is 1330. The summed E-state index contributed by atoms with van der Waals surface area (Å²) in [6, 6.07) is 8.34. The molecule has 0 spiro atoms. The second kappa shape index (κ2) is 16.2. The molecule has 268 valence electrons. The molecule has 1 fully saturated rings. The number of aliphatic hydroxyl groups is 1. The molecule has 2 aliphatic heterocycles. The minimum absolute atomic E-state index is 0.0482. The van der Waals surface area contributed by atoms with Gasteiger partial charge in [-0.25, -0.2) is 4.79 Å². The standard InChI is InChI=1S/C37H55NO10/c1-12-29-36(7,43)19-21(2)30(39)25(6)37(8,44-11)20-28(23(4)31(40)24(5)33(41)47-29)46-35-32(27(38(9)10)18-22(3)45-35)48-34(42)26-16-14-13-15-17-26/h13-17,19,22-25,27-29,32,35,43H,12,18,20H2,1-11H3/b21-19+/t22-,23-,24-,25+,27+,28+,29-,32-,35+,36+,37-/m1/s1. The number of ether oxygens (including phenoxy) is 5. The minimum Gasteiger partial charge on any atom is -0.458 e. The van der Waals surface area contributed by atoms with Crippen LogP contribution in [0.3, 0.4) is 0 Å². The minimum atomic E-state index is -1.66. The quantitative estimate of drug-likeness (QED) is 0.323. The number of carbonyl (C=O) groups is 4. The van der Waals surface area contributed by atoms with Gasteiger partial charge in [-0.3, -0.25) is 14.4 Å². The van der Waals surface area contributed by atoms with Crippen LogP contribution in [0.25, 0.3) is 0 Å². The highest BCUT2D eigenvalue weighted by Crippen LogP contribution is 2.37. The fourth-order valence-electron chi connectivity index (χ4n) is 6.66. The summed E-state index contributed by atoms with van der Waals surface area (Å²) in [7, 11) is 5.26. The average Bonchev–Trinajstić information content (AvgIpc) is 3.05. The smallest absolute Gasteiger partial charge is 0.338 e. The number of hydrogen-bond acceptors (Lipinski definition) is 11. The Balaban J connectivity index is 2.11. The zero-order chi connectivity index (χ0) is 36.1. The van der Waals surface area contributed by atoms with Crippen molar-refractivity contribution in [3.63, 3.8) is 0 Å². The van der Waals surface area contributed by atoms with Crippen LogP contribution in [0.15, 0.2) is 42.0 Å². The molecule has 48 heavy (non-hydrogen) atoms. The monoisotopic (exact) mass is 673 g/mol. The molecule has 2 heterocycles. The first-order valence-electron chi connectivity index (χ1n) is 16.9. The van der Waals surface area contributed by atoms with Crippen molar-refractivity contribution < 1.29 is 48.0 Å². The van der Waals surface area contributed by atoms with E-state index in [1.165, 1.54) is 27.0 Å². The first-order valence-corrected chi connectivity index (χ1v) is 16.9. The van der Waals surface area contributed by atoms with Crippen molar-refractivity contribution in [2.45, 2.75) is 123 Å². The van der Waals surface area contributed by atoms with E-state index in [1.54, 1.807) is 65.0 Å². The van der Waals surface area contributed by atoms with Crippen LogP contribution in [0.2, 0.25) is 0 Å². The molecule has 11 atom stereocenters. The van der Waals surface area contributed by atoms with Crippen molar-refractivity contribution in [2.75, 3.05) is 21.2 Å². The van der Waals surface area contributed by atoms with Gasteiger partial charge in [0.2, 0.25) is 0 Å². The summed E-state index contributed by atoms with van der Waals surface area (Å²) in [5.41, 5.74) is -2.18. The molecule has 1 saturated heterocycles. The first-order chi connectivity index (χ1) is 22.4. The lowest BCUT2D eigenvalue weighted by molar-refractivity contribution is -0.276. The van der Waals surface area contributed by atoms with Crippen LogP contribution in [0.1, 0.15) is 85.0 Å². The maximum absolute atomic E-state index is 14.0. The van der Waals surface area contributed by atoms with E-state index in [2.05, 4.69) is 0 Å². The largest absolute Gasteiger partial charge is 0.458 e. The van der Waals surface area contributed by atoms with E-state index in [0.717, 1.165) is 0 Å². The fourth-order valence-corrected chi connectivity index (χ4v) is 6.66. The molecule has 0 bridgehead atoms. The highest BCUT2D eigenvalue weighted by atomic mass is 16.7. The summed E-state index contributed by atoms with van der Waals surface area (Å²) in [6.07, 6.45) is -1.95. The summed E-state index contributed by atoms with van der Waals surface area (Å²) in [6.45, 7) is 13.4. The van der Waals surface area contributed by atoms with E-state index in [9.17, 15) is 24.3 Å². The number of hydrogen-bond donors (Lipinski definition) is 1. The second-order valence-corrected chi connectivity index (χ2v) is 14.1. The van der Waals surface area contributed by atoms with Crippen molar-refractivity contribution >= 4 is 23.5 Å². The van der Waals surface area contributed by atoms with Gasteiger partial charge < -0.3 is 33.7 Å². The molecule has 2 aliphatic rings. The normalized spacial score (nSPS) is 38.5. The average molecular weight is 674 g/mol. The van der Waals surface area contributed by atoms with Gasteiger partial charge in [-0.1, -0.05) is 39.0 Å². The zero-order valence-corrected chi connectivity index (χ0v) is 30.4. The summed E-state index contributed by atoms with van der Waals surface area (Å²) < 4.78 is 30.8. The van der Waals surface area contributed by atoms with Crippen molar-refractivity contribution in [1.29, 1.82) is 0 Å². The summed E-state index contributed by atoms with van der Waals surface area (Å²) in [5, 5.41) is 11.3. The number of ketones is 2. The predicted molar refractivity (Wildman–Crippen MR) is 179 cm³/mol. The number of methoxy groups -OCH3 is 1. The van der Waals surface area contributed by atoms with E-state index < -0.39 is 71.3 Å². The second-order valence-electron chi connectivity index (χ2n) is 14.1. The van der Waals surface area contributed by atoms with Crippen LogP contribution in [0.4, 0.5) is 0 Å². The summed E-state index contributed by atoms with van der Waals surface area (Å²) in [4.78, 5) is 56.5. The Morgan fingerprint density at radius 2 is 1.69 bits per heavy atom. The first kappa shape index (κ1) is 39.5. The molecule has 3 rings (SSSR count). The molecule has 0 aliphatic carbocycles. The van der Waals surface area contributed by atoms with Crippen LogP contribution in [0, 0.1) is 17.8 Å². The van der Waals surface area contributed by atoms with Crippen LogP contribution in [0.5, 0.6) is 0 Å². The summed E-state index contributed by atoms with van der Waals surface area (Å²) in [5.74, 6) is -4.91. The molecular weight excluding hydrogens is 618 g/mol. The van der Waals surface area contributed by atoms with Crippen molar-refractivity contribution in [2.24, 2.45) is 17.8 Å². The third-order valence-electron chi connectivity index (χ3n) is 10.2. The van der Waals surface area contributed by atoms with Crippen molar-refractivity contribution in [3.8, 4) is 0 Å². The molecule has 11 nitrogen and oxygen atoms in total. The Hall–Kier alpha value is -2.96. The molecule has 0 saturated carbocycles. The molecule has 0 unspecified atom stereocenters. The topological polar surface area (TPSA) is 138 Å². The number of rotatable bonds is 7. The van der Waals surface area contributed by atoms with Crippen molar-refractivity contribution in [1.82, 2.24) is 4.90 Å². The van der Waals surface area contributed by atoms with Crippen LogP contribution in [-0.2, 0) is 38.1 Å². The van der Waals surface area contributed by atoms with Gasteiger partial charge in [0.25, 0.3) is 0 Å². The van der Waals surface area contributed by atoms with Gasteiger partial charge in [0.1, 0.15) is 17.6 Å². The lowest BCUT2D eigenvalue weighted by Gasteiger charge is -2.45. The van der Waals surface area contributed by atoms with E-state index in [1.807, 2.05) is 25.9 Å². The molecule has 1 aromatic rings. The van der Waals surface area contributed by atoms with Gasteiger partial charge in [-0.15, -0.1) is 0 Å². The fraction of sp³-hybridized carbons (Fsp3) is 0.676. The molecule has 1 N–H and O–H groups in total. The van der Waals surface area contributed by atoms with Gasteiger partial charge in [0, 0.05) is 25.4 Å².